The van der Waals surface area contributed by atoms with Crippen LogP contribution in [-0.2, 0) is 14.9 Å². The first-order valence-electron chi connectivity index (χ1n) is 10.3. The van der Waals surface area contributed by atoms with E-state index >= 15 is 0 Å². The average molecular weight is 429 g/mol. The zero-order valence-electron chi connectivity index (χ0n) is 17.1. The van der Waals surface area contributed by atoms with Crippen LogP contribution >= 0.6 is 0 Å². The van der Waals surface area contributed by atoms with E-state index in [0.29, 0.717) is 6.42 Å². The summed E-state index contributed by atoms with van der Waals surface area (Å²) in [4.78, 5) is 10.7. The number of carboxylic acid groups (broad SMARTS) is 1. The Morgan fingerprint density at radius 1 is 0.786 bits per heavy atom. The van der Waals surface area contributed by atoms with Crippen LogP contribution in [0.2, 0.25) is 0 Å². The highest BCUT2D eigenvalue weighted by molar-refractivity contribution is 7.87. The average Bonchev–Trinajstić information content (AvgIpc) is 2.64. The number of aliphatic hydroxyl groups excluding tert-OH is 3. The van der Waals surface area contributed by atoms with Crippen molar-refractivity contribution in [3.8, 4) is 0 Å². The fraction of sp³-hybridized carbons (Fsp3) is 0.947. The molecule has 1 unspecified atom stereocenters. The van der Waals surface area contributed by atoms with Gasteiger partial charge in [0.05, 0.1) is 13.2 Å². The Kier molecular flexibility index (Phi) is 20.6. The molecule has 28 heavy (non-hydrogen) atoms. The van der Waals surface area contributed by atoms with Crippen molar-refractivity contribution in [1.29, 1.82) is 0 Å². The second-order valence-electron chi connectivity index (χ2n) is 7.04. The van der Waals surface area contributed by atoms with E-state index in [9.17, 15) is 13.2 Å². The molecule has 0 aliphatic heterocycles. The number of carbonyl (C=O) groups is 1. The third-order valence-electron chi connectivity index (χ3n) is 4.38. The number of aliphatic hydroxyl groups is 3. The molecule has 8 nitrogen and oxygen atoms in total. The van der Waals surface area contributed by atoms with E-state index in [1.165, 1.54) is 51.4 Å². The van der Waals surface area contributed by atoms with Gasteiger partial charge in [0.1, 0.15) is 6.10 Å². The number of hydrogen-bond donors (Lipinski definition) is 5. The highest BCUT2D eigenvalue weighted by atomic mass is 32.2. The van der Waals surface area contributed by atoms with Gasteiger partial charge in [-0.25, -0.2) is 0 Å². The van der Waals surface area contributed by atoms with Gasteiger partial charge in [-0.1, -0.05) is 84.0 Å². The number of carboxylic acids is 1. The molecule has 0 radical (unpaired) electrons. The van der Waals surface area contributed by atoms with Crippen molar-refractivity contribution < 1.29 is 38.2 Å². The molecule has 0 heterocycles. The fourth-order valence-corrected chi connectivity index (χ4v) is 3.35. The largest absolute Gasteiger partial charge is 0.480 e. The first-order valence-corrected chi connectivity index (χ1v) is 11.8. The van der Waals surface area contributed by atoms with Crippen LogP contribution in [0.25, 0.3) is 0 Å². The second-order valence-corrected chi connectivity index (χ2v) is 8.64. The van der Waals surface area contributed by atoms with Gasteiger partial charge in [-0.3, -0.25) is 9.35 Å². The van der Waals surface area contributed by atoms with Gasteiger partial charge in [-0.15, -0.1) is 0 Å². The van der Waals surface area contributed by atoms with Crippen LogP contribution < -0.4 is 0 Å². The van der Waals surface area contributed by atoms with Crippen molar-refractivity contribution in [2.24, 2.45) is 0 Å². The molecule has 0 spiro atoms. The summed E-state index contributed by atoms with van der Waals surface area (Å²) in [5.41, 5.74) is 0. The van der Waals surface area contributed by atoms with Crippen molar-refractivity contribution in [2.75, 3.05) is 13.2 Å². The zero-order chi connectivity index (χ0) is 21.8. The van der Waals surface area contributed by atoms with E-state index in [1.54, 1.807) is 0 Å². The van der Waals surface area contributed by atoms with Gasteiger partial charge in [-0.2, -0.15) is 8.42 Å². The van der Waals surface area contributed by atoms with E-state index in [0.717, 1.165) is 19.3 Å². The van der Waals surface area contributed by atoms with Crippen LogP contribution in [0.3, 0.4) is 0 Å². The zero-order valence-corrected chi connectivity index (χ0v) is 17.9. The molecule has 0 amide bonds. The quantitative estimate of drug-likeness (QED) is 0.175. The first-order chi connectivity index (χ1) is 13.2. The van der Waals surface area contributed by atoms with Crippen LogP contribution in [0.5, 0.6) is 0 Å². The van der Waals surface area contributed by atoms with Gasteiger partial charge in [-0.05, 0) is 6.42 Å². The van der Waals surface area contributed by atoms with Crippen molar-refractivity contribution in [3.05, 3.63) is 0 Å². The monoisotopic (exact) mass is 428 g/mol. The van der Waals surface area contributed by atoms with Crippen LogP contribution in [0.4, 0.5) is 0 Å². The summed E-state index contributed by atoms with van der Waals surface area (Å²) >= 11 is 0. The Hall–Kier alpha value is -0.740. The minimum Gasteiger partial charge on any atom is -0.480 e. The molecule has 0 bridgehead atoms. The molecule has 0 aromatic heterocycles. The molecule has 0 aliphatic carbocycles. The van der Waals surface area contributed by atoms with Gasteiger partial charge >= 0.3 is 5.97 Å². The molecule has 0 fully saturated rings. The summed E-state index contributed by atoms with van der Waals surface area (Å²) in [6.45, 7) is 1.49. The van der Waals surface area contributed by atoms with E-state index in [4.69, 9.17) is 25.0 Å². The maximum atomic E-state index is 10.9. The maximum Gasteiger partial charge on any atom is 0.324 e. The van der Waals surface area contributed by atoms with E-state index in [2.05, 4.69) is 6.92 Å². The van der Waals surface area contributed by atoms with Crippen molar-refractivity contribution in [1.82, 2.24) is 0 Å². The van der Waals surface area contributed by atoms with Crippen LogP contribution in [0, 0.1) is 0 Å². The summed E-state index contributed by atoms with van der Waals surface area (Å²) < 4.78 is 30.6. The predicted octanol–water partition coefficient (Wildman–Crippen LogP) is 2.75. The van der Waals surface area contributed by atoms with Crippen LogP contribution in [0.15, 0.2) is 0 Å². The Labute approximate surface area is 169 Å². The molecule has 0 saturated heterocycles. The molecule has 5 N–H and O–H groups in total. The van der Waals surface area contributed by atoms with E-state index < -0.39 is 27.4 Å². The van der Waals surface area contributed by atoms with Gasteiger partial charge in [0, 0.05) is 0 Å². The third-order valence-corrected chi connectivity index (χ3v) is 5.53. The standard InChI is InChI=1S/C16H32O5S.C3H8O3/c1-2-3-4-5-6-7-8-9-10-11-12-13-14-15(16(17)18)22(19,20)21;4-1-3(6)2-5/h15H,2-14H2,1H3,(H,17,18)(H,19,20,21);3-6H,1-2H2. The molecule has 0 rings (SSSR count). The highest BCUT2D eigenvalue weighted by Gasteiger charge is 2.29. The Morgan fingerprint density at radius 2 is 1.14 bits per heavy atom. The minimum atomic E-state index is -4.48. The number of rotatable bonds is 17. The van der Waals surface area contributed by atoms with Crippen molar-refractivity contribution in [2.45, 2.75) is 102 Å². The van der Waals surface area contributed by atoms with Crippen LogP contribution in [-0.4, -0.2) is 63.9 Å². The molecule has 0 saturated carbocycles. The Bertz CT molecular complexity index is 449. The van der Waals surface area contributed by atoms with Crippen molar-refractivity contribution in [3.63, 3.8) is 0 Å². The topological polar surface area (TPSA) is 152 Å². The lowest BCUT2D eigenvalue weighted by atomic mass is 10.0. The molecular formula is C19H40O8S. The highest BCUT2D eigenvalue weighted by Crippen LogP contribution is 2.15. The third kappa shape index (κ3) is 20.0. The molecular weight excluding hydrogens is 388 g/mol. The lowest BCUT2D eigenvalue weighted by molar-refractivity contribution is -0.136. The predicted molar refractivity (Wildman–Crippen MR) is 109 cm³/mol. The van der Waals surface area contributed by atoms with E-state index in [-0.39, 0.29) is 19.6 Å². The van der Waals surface area contributed by atoms with Crippen molar-refractivity contribution >= 4 is 16.1 Å². The molecule has 0 aliphatic rings. The van der Waals surface area contributed by atoms with Gasteiger partial charge in [0.2, 0.25) is 0 Å². The summed E-state index contributed by atoms with van der Waals surface area (Å²) in [6.07, 6.45) is 12.8. The maximum absolute atomic E-state index is 10.9. The number of hydrogen-bond acceptors (Lipinski definition) is 6. The Balaban J connectivity index is 0. The summed E-state index contributed by atoms with van der Waals surface area (Å²) in [7, 11) is -4.48. The summed E-state index contributed by atoms with van der Waals surface area (Å²) in [5, 5.41) is 31.1. The molecule has 9 heteroatoms. The Morgan fingerprint density at radius 3 is 1.39 bits per heavy atom. The first kappa shape index (κ1) is 29.5. The normalized spacial score (nSPS) is 12.5. The summed E-state index contributed by atoms with van der Waals surface area (Å²) in [6, 6.07) is 0. The molecule has 0 aromatic rings. The summed E-state index contributed by atoms with van der Waals surface area (Å²) in [5.74, 6) is -1.47. The molecule has 1 atom stereocenters. The number of aliphatic carboxylic acids is 1. The minimum absolute atomic E-state index is 0.00834. The SMILES string of the molecule is CCCCCCCCCCCCCCC(C(=O)O)S(=O)(=O)O.OCC(O)CO. The molecule has 170 valence electrons. The van der Waals surface area contributed by atoms with E-state index in [1.807, 2.05) is 0 Å². The van der Waals surface area contributed by atoms with Crippen LogP contribution in [0.1, 0.15) is 90.4 Å². The lowest BCUT2D eigenvalue weighted by Gasteiger charge is -2.08. The smallest absolute Gasteiger partial charge is 0.324 e. The number of unbranched alkanes of at least 4 members (excludes halogenated alkanes) is 11. The van der Waals surface area contributed by atoms with Gasteiger partial charge in [0.15, 0.2) is 5.25 Å². The lowest BCUT2D eigenvalue weighted by Crippen LogP contribution is -2.29. The molecule has 0 aromatic carbocycles. The fourth-order valence-electron chi connectivity index (χ4n) is 2.63. The van der Waals surface area contributed by atoms with Gasteiger partial charge in [0.25, 0.3) is 10.1 Å². The van der Waals surface area contributed by atoms with Gasteiger partial charge < -0.3 is 20.4 Å². The second kappa shape index (κ2) is 19.6.